The molecule has 0 aliphatic carbocycles. The van der Waals surface area contributed by atoms with Gasteiger partial charge in [-0.15, -0.1) is 0 Å². The highest BCUT2D eigenvalue weighted by Gasteiger charge is 2.31. The minimum Gasteiger partial charge on any atom is -0.479 e. The minimum atomic E-state index is -3.83. The number of nitrogens with one attached hydrogen (secondary N) is 1. The number of aliphatic hydroxyl groups is 1. The molecule has 1 unspecified atom stereocenters. The van der Waals surface area contributed by atoms with Gasteiger partial charge in [0, 0.05) is 0 Å². The Morgan fingerprint density at radius 1 is 1.30 bits per heavy atom. The zero-order valence-corrected chi connectivity index (χ0v) is 12.3. The van der Waals surface area contributed by atoms with Crippen LogP contribution >= 0.6 is 0 Å². The van der Waals surface area contributed by atoms with E-state index in [0.717, 1.165) is 25.3 Å². The predicted molar refractivity (Wildman–Crippen MR) is 73.9 cm³/mol. The first-order valence-electron chi connectivity index (χ1n) is 6.23. The molecule has 6 nitrogen and oxygen atoms in total. The van der Waals surface area contributed by atoms with E-state index in [-0.39, 0.29) is 4.90 Å². The molecular weight excluding hydrogens is 282 g/mol. The first-order chi connectivity index (χ1) is 9.19. The lowest BCUT2D eigenvalue weighted by atomic mass is 10.1. The van der Waals surface area contributed by atoms with Crippen LogP contribution in [0.1, 0.15) is 25.8 Å². The molecule has 3 N–H and O–H groups in total. The maximum absolute atomic E-state index is 12.0. The van der Waals surface area contributed by atoms with E-state index in [4.69, 9.17) is 5.11 Å². The van der Waals surface area contributed by atoms with Gasteiger partial charge in [0.05, 0.1) is 11.4 Å². The Balaban J connectivity index is 2.81. The Kier molecular flexibility index (Phi) is 5.27. The van der Waals surface area contributed by atoms with E-state index >= 15 is 0 Å². The number of benzene rings is 1. The van der Waals surface area contributed by atoms with Gasteiger partial charge in [-0.25, -0.2) is 17.9 Å². The number of aryl methyl sites for hydroxylation is 1. The van der Waals surface area contributed by atoms with Crippen molar-refractivity contribution in [1.29, 1.82) is 0 Å². The summed E-state index contributed by atoms with van der Waals surface area (Å²) in [6.07, 6.45) is 1.83. The maximum atomic E-state index is 12.0. The summed E-state index contributed by atoms with van der Waals surface area (Å²) >= 11 is 0. The molecule has 1 rings (SSSR count). The standard InChI is InChI=1S/C13H19NO5S/c1-3-4-10-5-7-11(8-6-10)20(18,19)14-9-13(2,17)12(15)16/h5-8,14,17H,3-4,9H2,1-2H3,(H,15,16). The van der Waals surface area contributed by atoms with E-state index in [9.17, 15) is 18.3 Å². The van der Waals surface area contributed by atoms with Gasteiger partial charge in [-0.05, 0) is 31.0 Å². The van der Waals surface area contributed by atoms with Crippen LogP contribution in [0.15, 0.2) is 29.2 Å². The number of carboxylic acid groups (broad SMARTS) is 1. The summed E-state index contributed by atoms with van der Waals surface area (Å²) in [5, 5.41) is 18.2. The van der Waals surface area contributed by atoms with Crippen LogP contribution in [0.4, 0.5) is 0 Å². The predicted octanol–water partition coefficient (Wildman–Crippen LogP) is 0.753. The van der Waals surface area contributed by atoms with E-state index in [1.54, 1.807) is 12.1 Å². The van der Waals surface area contributed by atoms with Crippen molar-refractivity contribution < 1.29 is 23.4 Å². The first kappa shape index (κ1) is 16.6. The van der Waals surface area contributed by atoms with Gasteiger partial charge in [0.25, 0.3) is 0 Å². The first-order valence-corrected chi connectivity index (χ1v) is 7.72. The minimum absolute atomic E-state index is 0.0403. The molecule has 1 aromatic carbocycles. The van der Waals surface area contributed by atoms with Crippen molar-refractivity contribution in [3.63, 3.8) is 0 Å². The molecule has 0 heterocycles. The molecule has 112 valence electrons. The maximum Gasteiger partial charge on any atom is 0.336 e. The SMILES string of the molecule is CCCc1ccc(S(=O)(=O)NCC(C)(O)C(=O)O)cc1. The second kappa shape index (κ2) is 6.34. The molecule has 0 aliphatic heterocycles. The van der Waals surface area contributed by atoms with Gasteiger partial charge in [0.2, 0.25) is 10.0 Å². The van der Waals surface area contributed by atoms with Crippen molar-refractivity contribution in [3.05, 3.63) is 29.8 Å². The zero-order valence-electron chi connectivity index (χ0n) is 11.5. The van der Waals surface area contributed by atoms with Crippen molar-refractivity contribution >= 4 is 16.0 Å². The molecular formula is C13H19NO5S. The van der Waals surface area contributed by atoms with E-state index in [1.165, 1.54) is 12.1 Å². The summed E-state index contributed by atoms with van der Waals surface area (Å²) in [6, 6.07) is 6.35. The summed E-state index contributed by atoms with van der Waals surface area (Å²) in [5.74, 6) is -1.49. The molecule has 0 fully saturated rings. The number of carbonyl (C=O) groups is 1. The van der Waals surface area contributed by atoms with Crippen LogP contribution in [0.5, 0.6) is 0 Å². The Bertz CT molecular complexity index is 563. The molecule has 0 saturated carbocycles. The van der Waals surface area contributed by atoms with E-state index < -0.39 is 28.1 Å². The monoisotopic (exact) mass is 301 g/mol. The van der Waals surface area contributed by atoms with Gasteiger partial charge in [0.1, 0.15) is 0 Å². The molecule has 0 aromatic heterocycles. The van der Waals surface area contributed by atoms with Gasteiger partial charge in [0.15, 0.2) is 5.60 Å². The van der Waals surface area contributed by atoms with E-state index in [0.29, 0.717) is 0 Å². The van der Waals surface area contributed by atoms with Crippen LogP contribution in [0.25, 0.3) is 0 Å². The van der Waals surface area contributed by atoms with Crippen LogP contribution in [-0.2, 0) is 21.2 Å². The highest BCUT2D eigenvalue weighted by Crippen LogP contribution is 2.12. The molecule has 0 saturated heterocycles. The van der Waals surface area contributed by atoms with Crippen LogP contribution in [-0.4, -0.2) is 36.7 Å². The molecule has 7 heteroatoms. The van der Waals surface area contributed by atoms with Crippen molar-refractivity contribution in [2.24, 2.45) is 0 Å². The molecule has 0 bridgehead atoms. The third kappa shape index (κ3) is 4.29. The Morgan fingerprint density at radius 3 is 2.30 bits per heavy atom. The van der Waals surface area contributed by atoms with Gasteiger partial charge >= 0.3 is 5.97 Å². The van der Waals surface area contributed by atoms with E-state index in [1.807, 2.05) is 6.92 Å². The van der Waals surface area contributed by atoms with Crippen molar-refractivity contribution in [2.45, 2.75) is 37.2 Å². The Morgan fingerprint density at radius 2 is 1.85 bits per heavy atom. The quantitative estimate of drug-likeness (QED) is 0.689. The topological polar surface area (TPSA) is 104 Å². The summed E-state index contributed by atoms with van der Waals surface area (Å²) in [7, 11) is -3.83. The third-order valence-corrected chi connectivity index (χ3v) is 4.26. The summed E-state index contributed by atoms with van der Waals surface area (Å²) in [4.78, 5) is 10.7. The number of carboxylic acids is 1. The van der Waals surface area contributed by atoms with Crippen molar-refractivity contribution in [1.82, 2.24) is 4.72 Å². The highest BCUT2D eigenvalue weighted by atomic mass is 32.2. The van der Waals surface area contributed by atoms with Crippen LogP contribution in [0, 0.1) is 0 Å². The summed E-state index contributed by atoms with van der Waals surface area (Å²) < 4.78 is 26.0. The Labute approximate surface area is 118 Å². The second-order valence-electron chi connectivity index (χ2n) is 4.80. The lowest BCUT2D eigenvalue weighted by Gasteiger charge is -2.18. The number of rotatable bonds is 7. The normalized spacial score (nSPS) is 14.8. The molecule has 0 aliphatic rings. The summed E-state index contributed by atoms with van der Waals surface area (Å²) in [6.45, 7) is 2.46. The summed E-state index contributed by atoms with van der Waals surface area (Å²) in [5.41, 5.74) is -1.11. The smallest absolute Gasteiger partial charge is 0.336 e. The van der Waals surface area contributed by atoms with Crippen LogP contribution in [0.2, 0.25) is 0 Å². The Hall–Kier alpha value is -1.44. The number of sulfonamides is 1. The van der Waals surface area contributed by atoms with Crippen molar-refractivity contribution in [2.75, 3.05) is 6.54 Å². The molecule has 0 radical (unpaired) electrons. The van der Waals surface area contributed by atoms with Crippen LogP contribution in [0.3, 0.4) is 0 Å². The number of hydrogen-bond acceptors (Lipinski definition) is 4. The fraction of sp³-hybridized carbons (Fsp3) is 0.462. The second-order valence-corrected chi connectivity index (χ2v) is 6.56. The fourth-order valence-corrected chi connectivity index (χ4v) is 2.65. The average Bonchev–Trinajstić information content (AvgIpc) is 2.38. The molecule has 1 atom stereocenters. The molecule has 20 heavy (non-hydrogen) atoms. The number of hydrogen-bond donors (Lipinski definition) is 3. The lowest BCUT2D eigenvalue weighted by Crippen LogP contribution is -2.46. The molecule has 1 aromatic rings. The van der Waals surface area contributed by atoms with Gasteiger partial charge in [-0.1, -0.05) is 25.5 Å². The fourth-order valence-electron chi connectivity index (χ4n) is 1.52. The van der Waals surface area contributed by atoms with Crippen molar-refractivity contribution in [3.8, 4) is 0 Å². The lowest BCUT2D eigenvalue weighted by molar-refractivity contribution is -0.155. The van der Waals surface area contributed by atoms with E-state index in [2.05, 4.69) is 4.72 Å². The zero-order chi connectivity index (χ0) is 15.4. The van der Waals surface area contributed by atoms with Gasteiger partial charge < -0.3 is 10.2 Å². The number of aliphatic carboxylic acids is 1. The van der Waals surface area contributed by atoms with Gasteiger partial charge in [-0.3, -0.25) is 0 Å². The largest absolute Gasteiger partial charge is 0.479 e. The average molecular weight is 301 g/mol. The van der Waals surface area contributed by atoms with Crippen LogP contribution < -0.4 is 4.72 Å². The molecule has 0 amide bonds. The van der Waals surface area contributed by atoms with Gasteiger partial charge in [-0.2, -0.15) is 0 Å². The molecule has 0 spiro atoms. The third-order valence-electron chi connectivity index (χ3n) is 2.84. The highest BCUT2D eigenvalue weighted by molar-refractivity contribution is 7.89.